The Morgan fingerprint density at radius 2 is 1.79 bits per heavy atom. The van der Waals surface area contributed by atoms with Crippen molar-refractivity contribution in [2.75, 3.05) is 33.9 Å². The van der Waals surface area contributed by atoms with E-state index in [1.165, 1.54) is 4.31 Å². The summed E-state index contributed by atoms with van der Waals surface area (Å²) in [7, 11) is -0.428. The zero-order chi connectivity index (χ0) is 24.0. The van der Waals surface area contributed by atoms with E-state index in [4.69, 9.17) is 32.7 Å². The van der Waals surface area contributed by atoms with E-state index >= 15 is 0 Å². The molecule has 10 heteroatoms. The molecule has 1 amide bonds. The third kappa shape index (κ3) is 6.76. The molecule has 0 bridgehead atoms. The average molecular weight is 515 g/mol. The molecule has 180 valence electrons. The Hall–Kier alpha value is -2.00. The van der Waals surface area contributed by atoms with Crippen LogP contribution < -0.4 is 14.8 Å². The summed E-state index contributed by atoms with van der Waals surface area (Å²) in [6.45, 7) is 1.02. The van der Waals surface area contributed by atoms with Crippen molar-refractivity contribution in [1.82, 2.24) is 9.62 Å². The van der Waals surface area contributed by atoms with Crippen LogP contribution in [0.2, 0.25) is 10.0 Å². The number of halogens is 2. The molecule has 0 saturated carbocycles. The maximum atomic E-state index is 12.9. The van der Waals surface area contributed by atoms with Crippen molar-refractivity contribution in [2.24, 2.45) is 5.92 Å². The van der Waals surface area contributed by atoms with Gasteiger partial charge in [0.15, 0.2) is 11.5 Å². The SMILES string of the molecule is COc1ccc(CCNC(=O)C2CCCN(S(=O)(=O)Cc3ccc(Cl)c(Cl)c3)C2)cc1OC. The second-order valence-electron chi connectivity index (χ2n) is 7.93. The fourth-order valence-corrected chi connectivity index (χ4v) is 5.77. The first-order chi connectivity index (χ1) is 15.7. The molecule has 1 unspecified atom stereocenters. The van der Waals surface area contributed by atoms with Gasteiger partial charge in [0.05, 0.1) is 35.9 Å². The van der Waals surface area contributed by atoms with Gasteiger partial charge in [-0.15, -0.1) is 0 Å². The molecule has 0 aliphatic carbocycles. The van der Waals surface area contributed by atoms with Crippen molar-refractivity contribution < 1.29 is 22.7 Å². The fraction of sp³-hybridized carbons (Fsp3) is 0.435. The van der Waals surface area contributed by atoms with E-state index < -0.39 is 10.0 Å². The summed E-state index contributed by atoms with van der Waals surface area (Å²) < 4.78 is 37.8. The predicted molar refractivity (Wildman–Crippen MR) is 130 cm³/mol. The normalized spacial score (nSPS) is 16.9. The molecule has 1 heterocycles. The number of nitrogens with one attached hydrogen (secondary N) is 1. The van der Waals surface area contributed by atoms with E-state index in [0.29, 0.717) is 59.5 Å². The number of methoxy groups -OCH3 is 2. The monoisotopic (exact) mass is 514 g/mol. The van der Waals surface area contributed by atoms with Crippen LogP contribution in [0.15, 0.2) is 36.4 Å². The van der Waals surface area contributed by atoms with E-state index in [1.54, 1.807) is 32.4 Å². The average Bonchev–Trinajstić information content (AvgIpc) is 2.81. The van der Waals surface area contributed by atoms with Gasteiger partial charge >= 0.3 is 0 Å². The summed E-state index contributed by atoms with van der Waals surface area (Å²) in [4.78, 5) is 12.7. The number of benzene rings is 2. The zero-order valence-electron chi connectivity index (χ0n) is 18.6. The summed E-state index contributed by atoms with van der Waals surface area (Å²) in [5.41, 5.74) is 1.56. The Bertz CT molecular complexity index is 1090. The number of nitrogens with zero attached hydrogens (tertiary/aromatic N) is 1. The topological polar surface area (TPSA) is 84.9 Å². The lowest BCUT2D eigenvalue weighted by Gasteiger charge is -2.31. The standard InChI is InChI=1S/C23H28Cl2N2O5S/c1-31-21-8-6-16(13-22(21)32-2)9-10-26-23(28)18-4-3-11-27(14-18)33(29,30)15-17-5-7-19(24)20(25)12-17/h5-8,12-13,18H,3-4,9-11,14-15H2,1-2H3,(H,26,28). The van der Waals surface area contributed by atoms with Crippen LogP contribution >= 0.6 is 23.2 Å². The number of carbonyl (C=O) groups excluding carboxylic acids is 1. The number of amides is 1. The van der Waals surface area contributed by atoms with Crippen molar-refractivity contribution in [1.29, 1.82) is 0 Å². The number of carbonyl (C=O) groups is 1. The van der Waals surface area contributed by atoms with E-state index in [9.17, 15) is 13.2 Å². The highest BCUT2D eigenvalue weighted by Gasteiger charge is 2.32. The van der Waals surface area contributed by atoms with Gasteiger partial charge in [-0.2, -0.15) is 0 Å². The third-order valence-corrected chi connectivity index (χ3v) is 8.20. The summed E-state index contributed by atoms with van der Waals surface area (Å²) in [5, 5.41) is 3.63. The van der Waals surface area contributed by atoms with Gasteiger partial charge in [-0.1, -0.05) is 35.3 Å². The van der Waals surface area contributed by atoms with E-state index in [0.717, 1.165) is 5.56 Å². The summed E-state index contributed by atoms with van der Waals surface area (Å²) in [6.07, 6.45) is 1.91. The number of hydrogen-bond acceptors (Lipinski definition) is 5. The first-order valence-corrected chi connectivity index (χ1v) is 13.0. The second kappa shape index (κ2) is 11.4. The number of rotatable bonds is 9. The van der Waals surface area contributed by atoms with Crippen LogP contribution in [-0.4, -0.2) is 52.5 Å². The van der Waals surface area contributed by atoms with Crippen molar-refractivity contribution >= 4 is 39.1 Å². The lowest BCUT2D eigenvalue weighted by molar-refractivity contribution is -0.126. The first kappa shape index (κ1) is 25.6. The number of hydrogen-bond donors (Lipinski definition) is 1. The molecule has 3 rings (SSSR count). The summed E-state index contributed by atoms with van der Waals surface area (Å²) in [5.74, 6) is 0.584. The largest absolute Gasteiger partial charge is 0.493 e. The minimum Gasteiger partial charge on any atom is -0.493 e. The molecule has 1 aliphatic heterocycles. The van der Waals surface area contributed by atoms with Gasteiger partial charge < -0.3 is 14.8 Å². The molecular weight excluding hydrogens is 487 g/mol. The Kier molecular flexibility index (Phi) is 8.87. The van der Waals surface area contributed by atoms with Crippen LogP contribution in [0, 0.1) is 5.92 Å². The summed E-state index contributed by atoms with van der Waals surface area (Å²) >= 11 is 11.9. The molecule has 2 aromatic carbocycles. The van der Waals surface area contributed by atoms with Crippen molar-refractivity contribution in [3.63, 3.8) is 0 Å². The molecule has 33 heavy (non-hydrogen) atoms. The minimum absolute atomic E-state index is 0.134. The second-order valence-corrected chi connectivity index (χ2v) is 10.7. The molecule has 7 nitrogen and oxygen atoms in total. The Morgan fingerprint density at radius 1 is 1.06 bits per heavy atom. The quantitative estimate of drug-likeness (QED) is 0.548. The molecule has 0 radical (unpaired) electrons. The number of piperidine rings is 1. The van der Waals surface area contributed by atoms with Gasteiger partial charge in [-0.25, -0.2) is 12.7 Å². The van der Waals surface area contributed by atoms with E-state index in [2.05, 4.69) is 5.32 Å². The summed E-state index contributed by atoms with van der Waals surface area (Å²) in [6, 6.07) is 10.4. The van der Waals surface area contributed by atoms with Crippen LogP contribution in [0.5, 0.6) is 11.5 Å². The smallest absolute Gasteiger partial charge is 0.224 e. The van der Waals surface area contributed by atoms with E-state index in [-0.39, 0.29) is 24.1 Å². The maximum Gasteiger partial charge on any atom is 0.224 e. The van der Waals surface area contributed by atoms with E-state index in [1.807, 2.05) is 18.2 Å². The first-order valence-electron chi connectivity index (χ1n) is 10.6. The zero-order valence-corrected chi connectivity index (χ0v) is 21.0. The highest BCUT2D eigenvalue weighted by atomic mass is 35.5. The molecular formula is C23H28Cl2N2O5S. The maximum absolute atomic E-state index is 12.9. The van der Waals surface area contributed by atoms with Gasteiger partial charge in [-0.05, 0) is 54.7 Å². The Balaban J connectivity index is 1.55. The highest BCUT2D eigenvalue weighted by Crippen LogP contribution is 2.28. The van der Waals surface area contributed by atoms with Crippen LogP contribution in [0.25, 0.3) is 0 Å². The minimum atomic E-state index is -3.58. The number of ether oxygens (including phenoxy) is 2. The van der Waals surface area contributed by atoms with Crippen LogP contribution in [0.1, 0.15) is 24.0 Å². The molecule has 2 aromatic rings. The lowest BCUT2D eigenvalue weighted by atomic mass is 9.99. The van der Waals surface area contributed by atoms with Gasteiger partial charge in [0.2, 0.25) is 15.9 Å². The van der Waals surface area contributed by atoms with Crippen LogP contribution in [0.3, 0.4) is 0 Å². The van der Waals surface area contributed by atoms with Crippen molar-refractivity contribution in [3.8, 4) is 11.5 Å². The van der Waals surface area contributed by atoms with Crippen molar-refractivity contribution in [3.05, 3.63) is 57.6 Å². The number of sulfonamides is 1. The van der Waals surface area contributed by atoms with Crippen LogP contribution in [-0.2, 0) is 27.0 Å². The molecule has 1 N–H and O–H groups in total. The fourth-order valence-electron chi connectivity index (χ4n) is 3.85. The molecule has 1 aliphatic rings. The predicted octanol–water partition coefficient (Wildman–Crippen LogP) is 3.91. The molecule has 1 atom stereocenters. The van der Waals surface area contributed by atoms with Gasteiger partial charge in [0, 0.05) is 19.6 Å². The highest BCUT2D eigenvalue weighted by molar-refractivity contribution is 7.88. The van der Waals surface area contributed by atoms with Gasteiger partial charge in [0.25, 0.3) is 0 Å². The molecule has 0 aromatic heterocycles. The van der Waals surface area contributed by atoms with Crippen LogP contribution in [0.4, 0.5) is 0 Å². The molecule has 0 spiro atoms. The lowest BCUT2D eigenvalue weighted by Crippen LogP contribution is -2.46. The van der Waals surface area contributed by atoms with Crippen molar-refractivity contribution in [2.45, 2.75) is 25.0 Å². The molecule has 1 fully saturated rings. The van der Waals surface area contributed by atoms with Gasteiger partial charge in [0.1, 0.15) is 0 Å². The Labute approximate surface area is 205 Å². The Morgan fingerprint density at radius 3 is 2.48 bits per heavy atom. The van der Waals surface area contributed by atoms with Gasteiger partial charge in [-0.3, -0.25) is 4.79 Å². The molecule has 1 saturated heterocycles. The third-order valence-electron chi connectivity index (χ3n) is 5.64.